The predicted molar refractivity (Wildman–Crippen MR) is 74.6 cm³/mol. The van der Waals surface area contributed by atoms with Crippen molar-refractivity contribution in [3.05, 3.63) is 35.4 Å². The van der Waals surface area contributed by atoms with Crippen molar-refractivity contribution in [3.8, 4) is 0 Å². The molecule has 1 aliphatic rings. The molecule has 1 aromatic carbocycles. The summed E-state index contributed by atoms with van der Waals surface area (Å²) in [6.07, 6.45) is 1.27. The second kappa shape index (κ2) is 6.32. The highest BCUT2D eigenvalue weighted by Crippen LogP contribution is 2.35. The highest BCUT2D eigenvalue weighted by Gasteiger charge is 2.32. The van der Waals surface area contributed by atoms with Gasteiger partial charge in [0.25, 0.3) is 0 Å². The van der Waals surface area contributed by atoms with Crippen LogP contribution >= 0.6 is 0 Å². The minimum Gasteiger partial charge on any atom is -0.380 e. The van der Waals surface area contributed by atoms with Crippen LogP contribution < -0.4 is 5.32 Å². The van der Waals surface area contributed by atoms with E-state index in [1.54, 1.807) is 7.11 Å². The Labute approximate surface area is 110 Å². The second-order valence-electron chi connectivity index (χ2n) is 5.21. The lowest BCUT2D eigenvalue weighted by atomic mass is 9.93. The van der Waals surface area contributed by atoms with E-state index in [9.17, 15) is 0 Å². The van der Waals surface area contributed by atoms with Gasteiger partial charge in [0.05, 0.1) is 6.61 Å². The van der Waals surface area contributed by atoms with Gasteiger partial charge in [-0.25, -0.2) is 0 Å². The zero-order valence-electron chi connectivity index (χ0n) is 11.6. The van der Waals surface area contributed by atoms with Crippen LogP contribution in [0.1, 0.15) is 23.6 Å². The number of likely N-dealkylation sites (tertiary alicyclic amines) is 1. The summed E-state index contributed by atoms with van der Waals surface area (Å²) < 4.78 is 5.22. The summed E-state index contributed by atoms with van der Waals surface area (Å²) in [7, 11) is 6.01. The Kier molecular flexibility index (Phi) is 4.75. The van der Waals surface area contributed by atoms with Gasteiger partial charge in [0.2, 0.25) is 0 Å². The molecule has 2 unspecified atom stereocenters. The quantitative estimate of drug-likeness (QED) is 0.863. The van der Waals surface area contributed by atoms with Crippen molar-refractivity contribution in [2.75, 3.05) is 34.3 Å². The maximum Gasteiger partial charge on any atom is 0.0713 e. The highest BCUT2D eigenvalue weighted by atomic mass is 16.5. The summed E-state index contributed by atoms with van der Waals surface area (Å²) in [6.45, 7) is 2.97. The van der Waals surface area contributed by atoms with E-state index in [2.05, 4.69) is 41.5 Å². The number of methoxy groups -OCH3 is 1. The van der Waals surface area contributed by atoms with Crippen molar-refractivity contribution < 1.29 is 4.74 Å². The zero-order chi connectivity index (χ0) is 13.0. The first-order chi connectivity index (χ1) is 8.76. The van der Waals surface area contributed by atoms with Gasteiger partial charge in [-0.1, -0.05) is 24.3 Å². The molecule has 3 heteroatoms. The van der Waals surface area contributed by atoms with Gasteiger partial charge >= 0.3 is 0 Å². The Bertz CT molecular complexity index is 379. The number of nitrogens with one attached hydrogen (secondary N) is 1. The van der Waals surface area contributed by atoms with Crippen LogP contribution in [0.25, 0.3) is 0 Å². The van der Waals surface area contributed by atoms with Crippen LogP contribution in [0.4, 0.5) is 0 Å². The molecule has 100 valence electrons. The third kappa shape index (κ3) is 2.91. The van der Waals surface area contributed by atoms with Gasteiger partial charge in [0.15, 0.2) is 0 Å². The van der Waals surface area contributed by atoms with E-state index in [0.29, 0.717) is 18.6 Å². The van der Waals surface area contributed by atoms with E-state index in [0.717, 1.165) is 6.54 Å². The van der Waals surface area contributed by atoms with Gasteiger partial charge in [-0.15, -0.1) is 0 Å². The van der Waals surface area contributed by atoms with E-state index in [-0.39, 0.29) is 0 Å². The summed E-state index contributed by atoms with van der Waals surface area (Å²) in [6, 6.07) is 9.35. The number of nitrogens with zero attached hydrogens (tertiary/aromatic N) is 1. The third-order valence-electron chi connectivity index (χ3n) is 3.84. The summed E-state index contributed by atoms with van der Waals surface area (Å²) in [5, 5.41) is 3.32. The minimum atomic E-state index is 0.536. The van der Waals surface area contributed by atoms with Crippen LogP contribution in [0, 0.1) is 5.92 Å². The van der Waals surface area contributed by atoms with Crippen molar-refractivity contribution in [3.63, 3.8) is 0 Å². The average Bonchev–Trinajstić information content (AvgIpc) is 2.72. The molecular weight excluding hydrogens is 224 g/mol. The number of hydrogen-bond acceptors (Lipinski definition) is 3. The summed E-state index contributed by atoms with van der Waals surface area (Å²) in [5.41, 5.74) is 2.68. The molecule has 0 bridgehead atoms. The van der Waals surface area contributed by atoms with Gasteiger partial charge in [-0.2, -0.15) is 0 Å². The molecule has 0 saturated carbocycles. The molecule has 0 spiro atoms. The predicted octanol–water partition coefficient (Wildman–Crippen LogP) is 2.05. The number of benzene rings is 1. The lowest BCUT2D eigenvalue weighted by Crippen LogP contribution is -2.26. The maximum absolute atomic E-state index is 5.22. The number of hydrogen-bond donors (Lipinski definition) is 1. The average molecular weight is 248 g/mol. The Balaban J connectivity index is 2.19. The zero-order valence-corrected chi connectivity index (χ0v) is 11.6. The van der Waals surface area contributed by atoms with E-state index in [1.165, 1.54) is 24.1 Å². The lowest BCUT2D eigenvalue weighted by Gasteiger charge is -2.26. The highest BCUT2D eigenvalue weighted by molar-refractivity contribution is 5.27. The largest absolute Gasteiger partial charge is 0.380 e. The summed E-state index contributed by atoms with van der Waals surface area (Å²) in [4.78, 5) is 2.47. The number of ether oxygens (including phenoxy) is 1. The molecule has 1 N–H and O–H groups in total. The van der Waals surface area contributed by atoms with Crippen molar-refractivity contribution in [2.45, 2.75) is 19.1 Å². The van der Waals surface area contributed by atoms with Crippen LogP contribution in [-0.4, -0.2) is 39.2 Å². The van der Waals surface area contributed by atoms with Crippen molar-refractivity contribution in [1.29, 1.82) is 0 Å². The van der Waals surface area contributed by atoms with Crippen molar-refractivity contribution in [2.24, 2.45) is 5.92 Å². The SMILES string of the molecule is CNCC1CCN(C)C1c1cccc(COC)c1. The van der Waals surface area contributed by atoms with E-state index in [1.807, 2.05) is 7.05 Å². The van der Waals surface area contributed by atoms with Gasteiger partial charge < -0.3 is 10.1 Å². The first kappa shape index (κ1) is 13.5. The first-order valence-corrected chi connectivity index (χ1v) is 6.69. The van der Waals surface area contributed by atoms with Gasteiger partial charge in [-0.3, -0.25) is 4.90 Å². The van der Waals surface area contributed by atoms with Gasteiger partial charge in [0, 0.05) is 13.2 Å². The van der Waals surface area contributed by atoms with Crippen molar-refractivity contribution >= 4 is 0 Å². The molecule has 0 aliphatic carbocycles. The smallest absolute Gasteiger partial charge is 0.0713 e. The van der Waals surface area contributed by atoms with Crippen LogP contribution in [0.15, 0.2) is 24.3 Å². The molecule has 0 amide bonds. The van der Waals surface area contributed by atoms with Crippen LogP contribution in [0.2, 0.25) is 0 Å². The Hall–Kier alpha value is -0.900. The van der Waals surface area contributed by atoms with Gasteiger partial charge in [0.1, 0.15) is 0 Å². The molecule has 0 aromatic heterocycles. The minimum absolute atomic E-state index is 0.536. The fraction of sp³-hybridized carbons (Fsp3) is 0.600. The molecule has 1 aromatic rings. The molecule has 1 heterocycles. The fourth-order valence-electron chi connectivity index (χ4n) is 3.06. The molecule has 1 aliphatic heterocycles. The molecule has 18 heavy (non-hydrogen) atoms. The number of rotatable bonds is 5. The van der Waals surface area contributed by atoms with Crippen molar-refractivity contribution in [1.82, 2.24) is 10.2 Å². The first-order valence-electron chi connectivity index (χ1n) is 6.69. The maximum atomic E-state index is 5.22. The standard InChI is InChI=1S/C15H24N2O/c1-16-10-14-7-8-17(2)15(14)13-6-4-5-12(9-13)11-18-3/h4-6,9,14-16H,7-8,10-11H2,1-3H3. The molecule has 1 saturated heterocycles. The van der Waals surface area contributed by atoms with Crippen LogP contribution in [0.3, 0.4) is 0 Å². The summed E-state index contributed by atoms with van der Waals surface area (Å²) in [5.74, 6) is 0.706. The topological polar surface area (TPSA) is 24.5 Å². The molecule has 3 nitrogen and oxygen atoms in total. The van der Waals surface area contributed by atoms with Crippen LogP contribution in [0.5, 0.6) is 0 Å². The Morgan fingerprint density at radius 3 is 3.00 bits per heavy atom. The second-order valence-corrected chi connectivity index (χ2v) is 5.21. The molecular formula is C15H24N2O. The Morgan fingerprint density at radius 1 is 1.44 bits per heavy atom. The van der Waals surface area contributed by atoms with E-state index < -0.39 is 0 Å². The van der Waals surface area contributed by atoms with E-state index >= 15 is 0 Å². The van der Waals surface area contributed by atoms with E-state index in [4.69, 9.17) is 4.74 Å². The normalized spacial score (nSPS) is 24.6. The van der Waals surface area contributed by atoms with Gasteiger partial charge in [-0.05, 0) is 50.7 Å². The summed E-state index contributed by atoms with van der Waals surface area (Å²) >= 11 is 0. The molecule has 2 rings (SSSR count). The molecule has 0 radical (unpaired) electrons. The van der Waals surface area contributed by atoms with Crippen LogP contribution in [-0.2, 0) is 11.3 Å². The lowest BCUT2D eigenvalue weighted by molar-refractivity contribution is 0.184. The molecule has 1 fully saturated rings. The monoisotopic (exact) mass is 248 g/mol. The Morgan fingerprint density at radius 2 is 2.28 bits per heavy atom. The third-order valence-corrected chi connectivity index (χ3v) is 3.84. The fourth-order valence-corrected chi connectivity index (χ4v) is 3.06. The molecule has 2 atom stereocenters.